The molecule has 0 unspecified atom stereocenters. The van der Waals surface area contributed by atoms with E-state index in [1.54, 1.807) is 19.1 Å². The summed E-state index contributed by atoms with van der Waals surface area (Å²) in [5.74, 6) is 0.0806. The Balaban J connectivity index is 2.11. The first-order valence-electron chi connectivity index (χ1n) is 6.87. The third kappa shape index (κ3) is 3.48. The van der Waals surface area contributed by atoms with Crippen molar-refractivity contribution < 1.29 is 9.66 Å². The Labute approximate surface area is 127 Å². The lowest BCUT2D eigenvalue weighted by atomic mass is 9.76. The second-order valence-electron chi connectivity index (χ2n) is 5.51. The molecule has 0 N–H and O–H groups in total. The SMILES string of the molecule is Cc1ccc(OCC2(CBr)CCCCC2)c([N+](=O)[O-])n1. The van der Waals surface area contributed by atoms with Crippen LogP contribution in [0.4, 0.5) is 5.82 Å². The summed E-state index contributed by atoms with van der Waals surface area (Å²) in [5.41, 5.74) is 0.716. The van der Waals surface area contributed by atoms with Gasteiger partial charge in [-0.25, -0.2) is 0 Å². The summed E-state index contributed by atoms with van der Waals surface area (Å²) in [5, 5.41) is 11.9. The molecule has 0 amide bonds. The molecular weight excluding hydrogens is 324 g/mol. The van der Waals surface area contributed by atoms with Crippen molar-refractivity contribution in [2.45, 2.75) is 39.0 Å². The molecule has 1 aromatic heterocycles. The summed E-state index contributed by atoms with van der Waals surface area (Å²) < 4.78 is 5.75. The molecule has 110 valence electrons. The van der Waals surface area contributed by atoms with E-state index in [1.165, 1.54) is 19.3 Å². The number of ether oxygens (including phenoxy) is 1. The van der Waals surface area contributed by atoms with E-state index in [0.29, 0.717) is 12.3 Å². The smallest absolute Gasteiger partial charge is 0.406 e. The van der Waals surface area contributed by atoms with E-state index < -0.39 is 4.92 Å². The second-order valence-corrected chi connectivity index (χ2v) is 6.08. The summed E-state index contributed by atoms with van der Waals surface area (Å²) in [6, 6.07) is 3.38. The van der Waals surface area contributed by atoms with Gasteiger partial charge in [-0.3, -0.25) is 0 Å². The first-order chi connectivity index (χ1) is 9.56. The van der Waals surface area contributed by atoms with Gasteiger partial charge in [-0.05, 0) is 34.9 Å². The average molecular weight is 343 g/mol. The standard InChI is InChI=1S/C14H19BrN2O3/c1-11-5-6-12(13(16-11)17(18)19)20-10-14(9-15)7-3-2-4-8-14/h5-6H,2-4,7-10H2,1H3. The zero-order chi connectivity index (χ0) is 14.6. The molecule has 0 saturated heterocycles. The normalized spacial score (nSPS) is 17.7. The highest BCUT2D eigenvalue weighted by atomic mass is 79.9. The van der Waals surface area contributed by atoms with E-state index in [0.717, 1.165) is 18.2 Å². The van der Waals surface area contributed by atoms with Gasteiger partial charge in [0.05, 0.1) is 6.61 Å². The number of hydrogen-bond donors (Lipinski definition) is 0. The van der Waals surface area contributed by atoms with Gasteiger partial charge < -0.3 is 14.9 Å². The van der Waals surface area contributed by atoms with Crippen LogP contribution >= 0.6 is 15.9 Å². The predicted octanol–water partition coefficient (Wildman–Crippen LogP) is 4.02. The summed E-state index contributed by atoms with van der Waals surface area (Å²) in [7, 11) is 0. The van der Waals surface area contributed by atoms with Crippen LogP contribution in [0, 0.1) is 22.5 Å². The zero-order valence-electron chi connectivity index (χ0n) is 11.6. The van der Waals surface area contributed by atoms with Crippen LogP contribution in [0.3, 0.4) is 0 Å². The van der Waals surface area contributed by atoms with Crippen molar-refractivity contribution in [3.05, 3.63) is 27.9 Å². The predicted molar refractivity (Wildman–Crippen MR) is 80.4 cm³/mol. The fraction of sp³-hybridized carbons (Fsp3) is 0.643. The highest BCUT2D eigenvalue weighted by molar-refractivity contribution is 9.09. The van der Waals surface area contributed by atoms with Crippen LogP contribution in [0.25, 0.3) is 0 Å². The number of aromatic nitrogens is 1. The van der Waals surface area contributed by atoms with Crippen molar-refractivity contribution in [3.63, 3.8) is 0 Å². The van der Waals surface area contributed by atoms with Gasteiger partial charge in [-0.15, -0.1) is 0 Å². The Kier molecular flexibility index (Phi) is 4.96. The molecule has 0 bridgehead atoms. The minimum absolute atomic E-state index is 0.0943. The Bertz CT molecular complexity index is 487. The van der Waals surface area contributed by atoms with E-state index in [9.17, 15) is 10.1 Å². The molecule has 0 aliphatic heterocycles. The minimum Gasteiger partial charge on any atom is -0.485 e. The molecule has 6 heteroatoms. The number of hydrogen-bond acceptors (Lipinski definition) is 4. The third-order valence-corrected chi connectivity index (χ3v) is 5.07. The lowest BCUT2D eigenvalue weighted by Gasteiger charge is -2.35. The number of halogens is 1. The van der Waals surface area contributed by atoms with Gasteiger partial charge in [-0.1, -0.05) is 35.2 Å². The topological polar surface area (TPSA) is 65.3 Å². The van der Waals surface area contributed by atoms with Crippen LogP contribution in [0.2, 0.25) is 0 Å². The van der Waals surface area contributed by atoms with E-state index >= 15 is 0 Å². The average Bonchev–Trinajstić information content (AvgIpc) is 2.47. The number of rotatable bonds is 5. The number of aryl methyl sites for hydroxylation is 1. The van der Waals surface area contributed by atoms with Crippen molar-refractivity contribution in [2.75, 3.05) is 11.9 Å². The summed E-state index contributed by atoms with van der Waals surface area (Å²) in [4.78, 5) is 14.5. The zero-order valence-corrected chi connectivity index (χ0v) is 13.2. The van der Waals surface area contributed by atoms with Crippen LogP contribution in [0.1, 0.15) is 37.8 Å². The summed E-state index contributed by atoms with van der Waals surface area (Å²) in [6.07, 6.45) is 5.87. The van der Waals surface area contributed by atoms with Crippen molar-refractivity contribution in [1.29, 1.82) is 0 Å². The van der Waals surface area contributed by atoms with E-state index in [1.807, 2.05) is 0 Å². The molecule has 5 nitrogen and oxygen atoms in total. The van der Waals surface area contributed by atoms with Gasteiger partial charge in [-0.2, -0.15) is 0 Å². The van der Waals surface area contributed by atoms with Gasteiger partial charge in [0.1, 0.15) is 5.69 Å². The van der Waals surface area contributed by atoms with Gasteiger partial charge >= 0.3 is 5.82 Å². The van der Waals surface area contributed by atoms with Crippen LogP contribution in [0.5, 0.6) is 5.75 Å². The summed E-state index contributed by atoms with van der Waals surface area (Å²) in [6.45, 7) is 2.24. The molecule has 0 spiro atoms. The molecule has 1 heterocycles. The number of pyridine rings is 1. The number of alkyl halides is 1. The van der Waals surface area contributed by atoms with Crippen LogP contribution in [-0.2, 0) is 0 Å². The summed E-state index contributed by atoms with van der Waals surface area (Å²) >= 11 is 3.57. The van der Waals surface area contributed by atoms with Gasteiger partial charge in [0, 0.05) is 17.7 Å². The van der Waals surface area contributed by atoms with Gasteiger partial charge in [0.25, 0.3) is 0 Å². The molecule has 1 aliphatic carbocycles. The lowest BCUT2D eigenvalue weighted by Crippen LogP contribution is -2.32. The lowest BCUT2D eigenvalue weighted by molar-refractivity contribution is -0.390. The van der Waals surface area contributed by atoms with Crippen molar-refractivity contribution in [1.82, 2.24) is 4.98 Å². The highest BCUT2D eigenvalue weighted by Gasteiger charge is 2.32. The van der Waals surface area contributed by atoms with Crippen molar-refractivity contribution in [3.8, 4) is 5.75 Å². The second kappa shape index (κ2) is 6.52. The van der Waals surface area contributed by atoms with Crippen molar-refractivity contribution in [2.24, 2.45) is 5.41 Å². The molecular formula is C14H19BrN2O3. The Morgan fingerprint density at radius 3 is 2.70 bits per heavy atom. The maximum Gasteiger partial charge on any atom is 0.406 e. The fourth-order valence-corrected chi connectivity index (χ4v) is 3.35. The first kappa shape index (κ1) is 15.2. The largest absolute Gasteiger partial charge is 0.485 e. The third-order valence-electron chi connectivity index (χ3n) is 3.88. The quantitative estimate of drug-likeness (QED) is 0.460. The first-order valence-corrected chi connectivity index (χ1v) is 7.99. The Morgan fingerprint density at radius 1 is 1.40 bits per heavy atom. The molecule has 0 aromatic carbocycles. The maximum atomic E-state index is 11.0. The van der Waals surface area contributed by atoms with E-state index in [-0.39, 0.29) is 17.0 Å². The van der Waals surface area contributed by atoms with Gasteiger partial charge in [0.2, 0.25) is 5.75 Å². The molecule has 1 fully saturated rings. The number of nitrogens with zero attached hydrogens (tertiary/aromatic N) is 2. The molecule has 1 aliphatic rings. The van der Waals surface area contributed by atoms with E-state index in [4.69, 9.17) is 4.74 Å². The van der Waals surface area contributed by atoms with Gasteiger partial charge in [0.15, 0.2) is 0 Å². The van der Waals surface area contributed by atoms with Crippen molar-refractivity contribution >= 4 is 21.7 Å². The molecule has 0 atom stereocenters. The molecule has 0 radical (unpaired) electrons. The number of nitro groups is 1. The minimum atomic E-state index is -0.482. The molecule has 20 heavy (non-hydrogen) atoms. The molecule has 1 aromatic rings. The van der Waals surface area contributed by atoms with Crippen LogP contribution in [-0.4, -0.2) is 21.8 Å². The highest BCUT2D eigenvalue weighted by Crippen LogP contribution is 2.39. The molecule has 2 rings (SSSR count). The van der Waals surface area contributed by atoms with E-state index in [2.05, 4.69) is 20.9 Å². The maximum absolute atomic E-state index is 11.0. The Morgan fingerprint density at radius 2 is 2.10 bits per heavy atom. The van der Waals surface area contributed by atoms with Crippen LogP contribution < -0.4 is 4.74 Å². The Hall–Kier alpha value is -1.17. The monoisotopic (exact) mass is 342 g/mol. The van der Waals surface area contributed by atoms with Crippen LogP contribution in [0.15, 0.2) is 12.1 Å². The molecule has 1 saturated carbocycles. The fourth-order valence-electron chi connectivity index (χ4n) is 2.62.